The molecule has 0 radical (unpaired) electrons. The molecule has 4 rings (SSSR count). The number of nitrogens with zero attached hydrogens (tertiary/aromatic N) is 4. The third-order valence-corrected chi connectivity index (χ3v) is 4.39. The van der Waals surface area contributed by atoms with E-state index in [-0.39, 0.29) is 18.0 Å². The van der Waals surface area contributed by atoms with Gasteiger partial charge in [-0.05, 0) is 42.0 Å². The molecule has 0 aliphatic rings. The van der Waals surface area contributed by atoms with E-state index in [2.05, 4.69) is 10.1 Å². The molecule has 3 aromatic carbocycles. The first-order valence-corrected chi connectivity index (χ1v) is 9.05. The average molecular weight is 418 g/mol. The normalized spacial score (nSPS) is 10.6. The Balaban J connectivity index is 1.47. The van der Waals surface area contributed by atoms with Crippen LogP contribution in [0.1, 0.15) is 5.56 Å². The molecule has 0 saturated heterocycles. The van der Waals surface area contributed by atoms with E-state index in [0.29, 0.717) is 28.6 Å². The largest absolute Gasteiger partial charge is 0.489 e. The first kappa shape index (κ1) is 19.7. The number of non-ortho nitro benzene ring substituents is 2. The second kappa shape index (κ2) is 8.41. The summed E-state index contributed by atoms with van der Waals surface area (Å²) in [5.74, 6) is 1.12. The number of nitro benzene ring substituents is 2. The lowest BCUT2D eigenvalue weighted by Gasteiger charge is -2.06. The molecule has 0 fully saturated rings. The van der Waals surface area contributed by atoms with Crippen molar-refractivity contribution in [1.82, 2.24) is 10.1 Å². The molecule has 10 heteroatoms. The fourth-order valence-corrected chi connectivity index (χ4v) is 2.82. The summed E-state index contributed by atoms with van der Waals surface area (Å²) in [6.07, 6.45) is 0. The highest BCUT2D eigenvalue weighted by Crippen LogP contribution is 2.25. The molecule has 154 valence electrons. The topological polar surface area (TPSA) is 134 Å². The Bertz CT molecular complexity index is 1240. The summed E-state index contributed by atoms with van der Waals surface area (Å²) in [6.45, 7) is 0.245. The number of nitro groups is 2. The predicted molar refractivity (Wildman–Crippen MR) is 109 cm³/mol. The van der Waals surface area contributed by atoms with Gasteiger partial charge in [-0.1, -0.05) is 17.3 Å². The van der Waals surface area contributed by atoms with Gasteiger partial charge < -0.3 is 9.26 Å². The number of hydrogen-bond acceptors (Lipinski definition) is 8. The third kappa shape index (κ3) is 4.53. The maximum Gasteiger partial charge on any atom is 0.269 e. The van der Waals surface area contributed by atoms with Crippen LogP contribution in [0, 0.1) is 20.2 Å². The molecular weight excluding hydrogens is 404 g/mol. The van der Waals surface area contributed by atoms with Crippen LogP contribution < -0.4 is 4.74 Å². The van der Waals surface area contributed by atoms with Crippen LogP contribution in [-0.4, -0.2) is 20.0 Å². The Morgan fingerprint density at radius 1 is 0.839 bits per heavy atom. The lowest BCUT2D eigenvalue weighted by atomic mass is 10.1. The molecular formula is C21H14N4O6. The SMILES string of the molecule is O=[N+]([O-])c1ccc(OCc2cccc(-c3nc(-c4ccc([N+](=O)[O-])cc4)no3)c2)cc1. The van der Waals surface area contributed by atoms with Crippen molar-refractivity contribution in [3.63, 3.8) is 0 Å². The molecule has 10 nitrogen and oxygen atoms in total. The van der Waals surface area contributed by atoms with Crippen molar-refractivity contribution in [2.75, 3.05) is 0 Å². The van der Waals surface area contributed by atoms with Gasteiger partial charge in [0.2, 0.25) is 5.82 Å². The monoisotopic (exact) mass is 418 g/mol. The first-order valence-electron chi connectivity index (χ1n) is 9.05. The van der Waals surface area contributed by atoms with Crippen LogP contribution in [0.3, 0.4) is 0 Å². The summed E-state index contributed by atoms with van der Waals surface area (Å²) in [4.78, 5) is 24.9. The van der Waals surface area contributed by atoms with Crippen molar-refractivity contribution in [3.05, 3.63) is 98.6 Å². The zero-order valence-electron chi connectivity index (χ0n) is 15.9. The second-order valence-electron chi connectivity index (χ2n) is 6.47. The van der Waals surface area contributed by atoms with E-state index in [9.17, 15) is 20.2 Å². The van der Waals surface area contributed by atoms with Gasteiger partial charge in [0.05, 0.1) is 9.85 Å². The summed E-state index contributed by atoms with van der Waals surface area (Å²) >= 11 is 0. The first-order chi connectivity index (χ1) is 15.0. The minimum Gasteiger partial charge on any atom is -0.489 e. The van der Waals surface area contributed by atoms with Crippen LogP contribution in [0.2, 0.25) is 0 Å². The molecule has 0 amide bonds. The zero-order valence-corrected chi connectivity index (χ0v) is 15.9. The second-order valence-corrected chi connectivity index (χ2v) is 6.47. The van der Waals surface area contributed by atoms with Gasteiger partial charge in [0.25, 0.3) is 17.3 Å². The third-order valence-electron chi connectivity index (χ3n) is 4.39. The number of rotatable bonds is 7. The van der Waals surface area contributed by atoms with Crippen molar-refractivity contribution in [3.8, 4) is 28.6 Å². The van der Waals surface area contributed by atoms with Crippen LogP contribution in [0.4, 0.5) is 11.4 Å². The Labute approximate surface area is 175 Å². The molecule has 0 N–H and O–H groups in total. The van der Waals surface area contributed by atoms with Crippen molar-refractivity contribution >= 4 is 11.4 Å². The molecule has 1 aromatic heterocycles. The summed E-state index contributed by atoms with van der Waals surface area (Å²) in [5, 5.41) is 25.4. The van der Waals surface area contributed by atoms with Crippen LogP contribution >= 0.6 is 0 Å². The Kier molecular flexibility index (Phi) is 5.35. The van der Waals surface area contributed by atoms with Gasteiger partial charge in [0.15, 0.2) is 0 Å². The number of ether oxygens (including phenoxy) is 1. The van der Waals surface area contributed by atoms with Gasteiger partial charge in [-0.2, -0.15) is 4.98 Å². The fourth-order valence-electron chi connectivity index (χ4n) is 2.82. The van der Waals surface area contributed by atoms with Crippen molar-refractivity contribution in [2.24, 2.45) is 0 Å². The molecule has 0 unspecified atom stereocenters. The van der Waals surface area contributed by atoms with Gasteiger partial charge in [-0.3, -0.25) is 20.2 Å². The standard InChI is InChI=1S/C21H14N4O6/c26-24(27)17-6-4-15(5-7-17)20-22-21(31-23-20)16-3-1-2-14(12-16)13-30-19-10-8-18(9-11-19)25(28)29/h1-12H,13H2. The van der Waals surface area contributed by atoms with Crippen molar-refractivity contribution in [2.45, 2.75) is 6.61 Å². The van der Waals surface area contributed by atoms with E-state index in [4.69, 9.17) is 9.26 Å². The lowest BCUT2D eigenvalue weighted by molar-refractivity contribution is -0.385. The van der Waals surface area contributed by atoms with Gasteiger partial charge in [0.1, 0.15) is 12.4 Å². The molecule has 1 heterocycles. The summed E-state index contributed by atoms with van der Waals surface area (Å²) in [5.41, 5.74) is 2.09. The molecule has 0 aliphatic carbocycles. The quantitative estimate of drug-likeness (QED) is 0.308. The van der Waals surface area contributed by atoms with Crippen LogP contribution in [0.15, 0.2) is 77.3 Å². The Morgan fingerprint density at radius 3 is 2.13 bits per heavy atom. The Hall–Kier alpha value is -4.60. The van der Waals surface area contributed by atoms with Crippen molar-refractivity contribution < 1.29 is 19.1 Å². The number of benzene rings is 3. The van der Waals surface area contributed by atoms with Crippen LogP contribution in [-0.2, 0) is 6.61 Å². The molecule has 4 aromatic rings. The number of hydrogen-bond donors (Lipinski definition) is 0. The summed E-state index contributed by atoms with van der Waals surface area (Å²) in [6, 6.07) is 19.0. The highest BCUT2D eigenvalue weighted by Gasteiger charge is 2.13. The van der Waals surface area contributed by atoms with E-state index < -0.39 is 9.85 Å². The molecule has 31 heavy (non-hydrogen) atoms. The molecule has 0 saturated carbocycles. The van der Waals surface area contributed by atoms with Crippen molar-refractivity contribution in [1.29, 1.82) is 0 Å². The highest BCUT2D eigenvalue weighted by molar-refractivity contribution is 5.61. The smallest absolute Gasteiger partial charge is 0.269 e. The minimum absolute atomic E-state index is 0.00503. The van der Waals surface area contributed by atoms with Gasteiger partial charge >= 0.3 is 0 Å². The average Bonchev–Trinajstić information content (AvgIpc) is 3.29. The van der Waals surface area contributed by atoms with E-state index in [0.717, 1.165) is 5.56 Å². The van der Waals surface area contributed by atoms with Gasteiger partial charge in [-0.25, -0.2) is 0 Å². The van der Waals surface area contributed by atoms with E-state index in [1.54, 1.807) is 12.1 Å². The predicted octanol–water partition coefficient (Wildman–Crippen LogP) is 4.80. The molecule has 0 atom stereocenters. The fraction of sp³-hybridized carbons (Fsp3) is 0.0476. The highest BCUT2D eigenvalue weighted by atomic mass is 16.6. The minimum atomic E-state index is -0.476. The molecule has 0 bridgehead atoms. The van der Waals surface area contributed by atoms with E-state index in [1.165, 1.54) is 36.4 Å². The summed E-state index contributed by atoms with van der Waals surface area (Å²) in [7, 11) is 0. The van der Waals surface area contributed by atoms with E-state index >= 15 is 0 Å². The van der Waals surface area contributed by atoms with Crippen LogP contribution in [0.25, 0.3) is 22.8 Å². The van der Waals surface area contributed by atoms with Gasteiger partial charge in [0, 0.05) is 35.4 Å². The summed E-state index contributed by atoms with van der Waals surface area (Å²) < 4.78 is 11.0. The lowest BCUT2D eigenvalue weighted by Crippen LogP contribution is -1.96. The maximum absolute atomic E-state index is 10.8. The molecule has 0 aliphatic heterocycles. The Morgan fingerprint density at radius 2 is 1.48 bits per heavy atom. The number of aromatic nitrogens is 2. The maximum atomic E-state index is 10.8. The van der Waals surface area contributed by atoms with E-state index in [1.807, 2.05) is 24.3 Å². The van der Waals surface area contributed by atoms with Crippen LogP contribution in [0.5, 0.6) is 5.75 Å². The van der Waals surface area contributed by atoms with Gasteiger partial charge in [-0.15, -0.1) is 0 Å². The zero-order chi connectivity index (χ0) is 21.8. The molecule has 0 spiro atoms.